The van der Waals surface area contributed by atoms with Crippen molar-refractivity contribution in [2.75, 3.05) is 17.7 Å². The standard InChI is InChI=1S/C27H24FN3O3S2/c1-3-24(26(33)31-27-30-23(16-35-27)17-7-11-19(28)12-8-17)36-22-6-4-5-20(15-22)29-25(32)18-9-13-21(34-2)14-10-18/h4-16,24H,3H2,1-2H3,(H,29,32)(H,30,31,33). The number of thiazole rings is 1. The van der Waals surface area contributed by atoms with E-state index in [0.717, 1.165) is 10.5 Å². The summed E-state index contributed by atoms with van der Waals surface area (Å²) in [6.45, 7) is 1.94. The average Bonchev–Trinajstić information content (AvgIpc) is 3.36. The van der Waals surface area contributed by atoms with Crippen molar-refractivity contribution >= 4 is 45.7 Å². The normalized spacial score (nSPS) is 11.5. The summed E-state index contributed by atoms with van der Waals surface area (Å²) in [7, 11) is 1.57. The highest BCUT2D eigenvalue weighted by Crippen LogP contribution is 2.30. The fourth-order valence-corrected chi connectivity index (χ4v) is 5.09. The molecular weight excluding hydrogens is 497 g/mol. The Hall–Kier alpha value is -3.69. The van der Waals surface area contributed by atoms with Crippen LogP contribution in [0.4, 0.5) is 15.2 Å². The van der Waals surface area contributed by atoms with Crippen molar-refractivity contribution in [3.05, 3.63) is 89.6 Å². The first-order chi connectivity index (χ1) is 17.4. The van der Waals surface area contributed by atoms with E-state index in [9.17, 15) is 14.0 Å². The Morgan fingerprint density at radius 3 is 2.50 bits per heavy atom. The summed E-state index contributed by atoms with van der Waals surface area (Å²) in [5, 5.41) is 7.74. The molecule has 0 spiro atoms. The van der Waals surface area contributed by atoms with Crippen LogP contribution in [0.5, 0.6) is 5.75 Å². The van der Waals surface area contributed by atoms with E-state index in [2.05, 4.69) is 15.6 Å². The number of methoxy groups -OCH3 is 1. The Balaban J connectivity index is 1.38. The number of ether oxygens (including phenoxy) is 1. The number of benzene rings is 3. The highest BCUT2D eigenvalue weighted by molar-refractivity contribution is 8.00. The van der Waals surface area contributed by atoms with Crippen LogP contribution in [0.3, 0.4) is 0 Å². The molecule has 4 aromatic rings. The smallest absolute Gasteiger partial charge is 0.255 e. The van der Waals surface area contributed by atoms with Gasteiger partial charge in [0.1, 0.15) is 11.6 Å². The van der Waals surface area contributed by atoms with Crippen LogP contribution < -0.4 is 15.4 Å². The minimum Gasteiger partial charge on any atom is -0.497 e. The predicted octanol–water partition coefficient (Wildman–Crippen LogP) is 6.72. The van der Waals surface area contributed by atoms with E-state index < -0.39 is 0 Å². The maximum Gasteiger partial charge on any atom is 0.255 e. The number of thioether (sulfide) groups is 1. The second-order valence-electron chi connectivity index (χ2n) is 7.76. The van der Waals surface area contributed by atoms with E-state index in [1.54, 1.807) is 49.6 Å². The SMILES string of the molecule is CCC(Sc1cccc(NC(=O)c2ccc(OC)cc2)c1)C(=O)Nc1nc(-c2ccc(F)cc2)cs1. The van der Waals surface area contributed by atoms with Crippen LogP contribution in [0.15, 0.2) is 83.1 Å². The number of carbonyl (C=O) groups is 2. The molecular formula is C27H24FN3O3S2. The van der Waals surface area contributed by atoms with Crippen LogP contribution in [-0.4, -0.2) is 29.2 Å². The van der Waals surface area contributed by atoms with Gasteiger partial charge in [0.15, 0.2) is 5.13 Å². The zero-order valence-corrected chi connectivity index (χ0v) is 21.3. The zero-order chi connectivity index (χ0) is 25.5. The molecule has 0 aliphatic heterocycles. The van der Waals surface area contributed by atoms with Gasteiger partial charge in [0, 0.05) is 27.1 Å². The van der Waals surface area contributed by atoms with Crippen molar-refractivity contribution < 1.29 is 18.7 Å². The van der Waals surface area contributed by atoms with Gasteiger partial charge in [-0.1, -0.05) is 13.0 Å². The Morgan fingerprint density at radius 2 is 1.81 bits per heavy atom. The highest BCUT2D eigenvalue weighted by Gasteiger charge is 2.20. The van der Waals surface area contributed by atoms with E-state index in [1.165, 1.54) is 35.2 Å². The third-order valence-corrected chi connectivity index (χ3v) is 7.38. The summed E-state index contributed by atoms with van der Waals surface area (Å²) >= 11 is 2.74. The van der Waals surface area contributed by atoms with Crippen LogP contribution in [-0.2, 0) is 4.79 Å². The van der Waals surface area contributed by atoms with Crippen molar-refractivity contribution in [3.63, 3.8) is 0 Å². The second kappa shape index (κ2) is 11.8. The van der Waals surface area contributed by atoms with Crippen LogP contribution >= 0.6 is 23.1 Å². The van der Waals surface area contributed by atoms with E-state index in [0.29, 0.717) is 34.2 Å². The number of halogens is 1. The summed E-state index contributed by atoms with van der Waals surface area (Å²) in [5.74, 6) is -0.0200. The van der Waals surface area contributed by atoms with Crippen LogP contribution in [0.1, 0.15) is 23.7 Å². The van der Waals surface area contributed by atoms with Gasteiger partial charge in [-0.25, -0.2) is 9.37 Å². The van der Waals surface area contributed by atoms with E-state index in [4.69, 9.17) is 4.74 Å². The molecule has 1 heterocycles. The third-order valence-electron chi connectivity index (χ3n) is 5.26. The lowest BCUT2D eigenvalue weighted by molar-refractivity contribution is -0.115. The fourth-order valence-electron chi connectivity index (χ4n) is 3.35. The molecule has 3 aromatic carbocycles. The van der Waals surface area contributed by atoms with Crippen molar-refractivity contribution in [2.24, 2.45) is 0 Å². The second-order valence-corrected chi connectivity index (χ2v) is 9.89. The largest absolute Gasteiger partial charge is 0.497 e. The lowest BCUT2D eigenvalue weighted by Gasteiger charge is -2.14. The minimum absolute atomic E-state index is 0.157. The first kappa shape index (κ1) is 25.4. The number of rotatable bonds is 9. The number of anilines is 2. The maximum atomic E-state index is 13.2. The zero-order valence-electron chi connectivity index (χ0n) is 19.7. The Morgan fingerprint density at radius 1 is 1.06 bits per heavy atom. The van der Waals surface area contributed by atoms with Gasteiger partial charge >= 0.3 is 0 Å². The predicted molar refractivity (Wildman–Crippen MR) is 143 cm³/mol. The molecule has 1 aromatic heterocycles. The molecule has 0 fully saturated rings. The molecule has 2 N–H and O–H groups in total. The lowest BCUT2D eigenvalue weighted by atomic mass is 10.2. The van der Waals surface area contributed by atoms with Gasteiger partial charge in [0.25, 0.3) is 5.91 Å². The van der Waals surface area contributed by atoms with Crippen molar-refractivity contribution in [1.82, 2.24) is 4.98 Å². The Labute approximate surface area is 216 Å². The molecule has 0 aliphatic carbocycles. The number of aromatic nitrogens is 1. The molecule has 0 saturated heterocycles. The number of carbonyl (C=O) groups excluding carboxylic acids is 2. The molecule has 0 saturated carbocycles. The van der Waals surface area contributed by atoms with E-state index in [1.807, 2.05) is 30.5 Å². The molecule has 1 atom stereocenters. The summed E-state index contributed by atoms with van der Waals surface area (Å²) in [4.78, 5) is 30.8. The molecule has 36 heavy (non-hydrogen) atoms. The average molecular weight is 522 g/mol. The van der Waals surface area contributed by atoms with Gasteiger partial charge in [0.2, 0.25) is 5.91 Å². The number of hydrogen-bond acceptors (Lipinski definition) is 6. The summed E-state index contributed by atoms with van der Waals surface area (Å²) in [6, 6.07) is 20.3. The molecule has 4 rings (SSSR count). The van der Waals surface area contributed by atoms with E-state index >= 15 is 0 Å². The molecule has 184 valence electrons. The molecule has 0 aliphatic rings. The lowest BCUT2D eigenvalue weighted by Crippen LogP contribution is -2.24. The summed E-state index contributed by atoms with van der Waals surface area (Å²) < 4.78 is 18.3. The van der Waals surface area contributed by atoms with Crippen LogP contribution in [0, 0.1) is 5.82 Å². The molecule has 1 unspecified atom stereocenters. The molecule has 0 radical (unpaired) electrons. The van der Waals surface area contributed by atoms with Crippen LogP contribution in [0.2, 0.25) is 0 Å². The topological polar surface area (TPSA) is 80.3 Å². The molecule has 9 heteroatoms. The van der Waals surface area contributed by atoms with Crippen molar-refractivity contribution in [3.8, 4) is 17.0 Å². The van der Waals surface area contributed by atoms with E-state index in [-0.39, 0.29) is 22.9 Å². The summed E-state index contributed by atoms with van der Waals surface area (Å²) in [5.41, 5.74) is 2.61. The number of nitrogens with one attached hydrogen (secondary N) is 2. The first-order valence-corrected chi connectivity index (χ1v) is 13.0. The summed E-state index contributed by atoms with van der Waals surface area (Å²) in [6.07, 6.45) is 0.606. The third kappa shape index (κ3) is 6.50. The van der Waals surface area contributed by atoms with Crippen molar-refractivity contribution in [1.29, 1.82) is 0 Å². The monoisotopic (exact) mass is 521 g/mol. The quantitative estimate of drug-likeness (QED) is 0.239. The number of amides is 2. The van der Waals surface area contributed by atoms with Crippen molar-refractivity contribution in [2.45, 2.75) is 23.5 Å². The van der Waals surface area contributed by atoms with Gasteiger partial charge in [-0.05, 0) is 73.2 Å². The maximum absolute atomic E-state index is 13.2. The molecule has 6 nitrogen and oxygen atoms in total. The van der Waals surface area contributed by atoms with Gasteiger partial charge in [-0.2, -0.15) is 0 Å². The molecule has 2 amide bonds. The highest BCUT2D eigenvalue weighted by atomic mass is 32.2. The first-order valence-electron chi connectivity index (χ1n) is 11.2. The van der Waals surface area contributed by atoms with Gasteiger partial charge in [-0.15, -0.1) is 23.1 Å². The van der Waals surface area contributed by atoms with Crippen LogP contribution in [0.25, 0.3) is 11.3 Å². The number of nitrogens with zero attached hydrogens (tertiary/aromatic N) is 1. The Bertz CT molecular complexity index is 1340. The van der Waals surface area contributed by atoms with Gasteiger partial charge < -0.3 is 15.4 Å². The van der Waals surface area contributed by atoms with Gasteiger partial charge in [-0.3, -0.25) is 9.59 Å². The van der Waals surface area contributed by atoms with Gasteiger partial charge in [0.05, 0.1) is 18.1 Å². The number of hydrogen-bond donors (Lipinski definition) is 2. The fraction of sp³-hybridized carbons (Fsp3) is 0.148. The Kier molecular flexibility index (Phi) is 8.35. The minimum atomic E-state index is -0.351. The molecule has 0 bridgehead atoms.